The number of aliphatic hydroxyl groups excluding tert-OH is 2. The fourth-order valence-corrected chi connectivity index (χ4v) is 1.84. The third-order valence-corrected chi connectivity index (χ3v) is 2.72. The van der Waals surface area contributed by atoms with E-state index in [4.69, 9.17) is 4.74 Å². The number of methoxy groups -OCH3 is 1. The van der Waals surface area contributed by atoms with Gasteiger partial charge in [-0.25, -0.2) is 0 Å². The van der Waals surface area contributed by atoms with Gasteiger partial charge >= 0.3 is 0 Å². The molecule has 76 valence electrons. The van der Waals surface area contributed by atoms with Crippen molar-refractivity contribution in [2.75, 3.05) is 7.11 Å². The zero-order valence-corrected chi connectivity index (χ0v) is 8.10. The van der Waals surface area contributed by atoms with Crippen LogP contribution < -0.4 is 4.74 Å². The van der Waals surface area contributed by atoms with Crippen molar-refractivity contribution in [3.05, 3.63) is 29.3 Å². The Morgan fingerprint density at radius 2 is 1.79 bits per heavy atom. The van der Waals surface area contributed by atoms with E-state index in [1.54, 1.807) is 7.11 Å². The highest BCUT2D eigenvalue weighted by Crippen LogP contribution is 2.25. The fraction of sp³-hybridized carbons (Fsp3) is 0.455. The van der Waals surface area contributed by atoms with Crippen LogP contribution in [0.15, 0.2) is 18.2 Å². The van der Waals surface area contributed by atoms with E-state index in [0.717, 1.165) is 16.9 Å². The number of aliphatic hydroxyl groups is 2. The molecule has 1 aromatic rings. The summed E-state index contributed by atoms with van der Waals surface area (Å²) in [7, 11) is 1.62. The lowest BCUT2D eigenvalue weighted by molar-refractivity contribution is 0.0141. The van der Waals surface area contributed by atoms with Gasteiger partial charge in [0.05, 0.1) is 19.3 Å². The van der Waals surface area contributed by atoms with Crippen LogP contribution in [0.2, 0.25) is 0 Å². The summed E-state index contributed by atoms with van der Waals surface area (Å²) in [6.07, 6.45) is -0.237. The molecule has 2 rings (SSSR count). The second kappa shape index (κ2) is 3.59. The van der Waals surface area contributed by atoms with Crippen molar-refractivity contribution in [2.24, 2.45) is 0 Å². The van der Waals surface area contributed by atoms with Gasteiger partial charge in [0.1, 0.15) is 5.75 Å². The van der Waals surface area contributed by atoms with Gasteiger partial charge in [-0.2, -0.15) is 0 Å². The number of hydrogen-bond acceptors (Lipinski definition) is 3. The Bertz CT molecular complexity index is 335. The second-order valence-electron chi connectivity index (χ2n) is 3.68. The molecule has 0 fully saturated rings. The van der Waals surface area contributed by atoms with E-state index < -0.39 is 12.2 Å². The third-order valence-electron chi connectivity index (χ3n) is 2.72. The monoisotopic (exact) mass is 194 g/mol. The Kier molecular flexibility index (Phi) is 2.44. The van der Waals surface area contributed by atoms with E-state index in [9.17, 15) is 10.2 Å². The van der Waals surface area contributed by atoms with Crippen LogP contribution in [0.1, 0.15) is 11.1 Å². The second-order valence-corrected chi connectivity index (χ2v) is 3.68. The molecule has 0 aromatic heterocycles. The van der Waals surface area contributed by atoms with Crippen LogP contribution in [0, 0.1) is 0 Å². The van der Waals surface area contributed by atoms with Crippen LogP contribution in [0.25, 0.3) is 0 Å². The number of ether oxygens (including phenoxy) is 1. The first-order valence-electron chi connectivity index (χ1n) is 4.72. The van der Waals surface area contributed by atoms with Gasteiger partial charge in [-0.15, -0.1) is 0 Å². The van der Waals surface area contributed by atoms with Crippen LogP contribution in [0.5, 0.6) is 5.75 Å². The van der Waals surface area contributed by atoms with Gasteiger partial charge in [0, 0.05) is 12.8 Å². The minimum absolute atomic E-state index is 0.508. The molecular weight excluding hydrogens is 180 g/mol. The smallest absolute Gasteiger partial charge is 0.119 e. The normalized spacial score (nSPS) is 25.6. The molecule has 2 atom stereocenters. The maximum absolute atomic E-state index is 9.50. The highest BCUT2D eigenvalue weighted by atomic mass is 16.5. The largest absolute Gasteiger partial charge is 0.497 e. The molecule has 0 saturated heterocycles. The van der Waals surface area contributed by atoms with Crippen molar-refractivity contribution in [2.45, 2.75) is 25.0 Å². The molecule has 14 heavy (non-hydrogen) atoms. The van der Waals surface area contributed by atoms with E-state index in [1.165, 1.54) is 0 Å². The predicted octanol–water partition coefficient (Wildman–Crippen LogP) is 0.516. The SMILES string of the molecule is COc1ccc2c(c1)C[C@@H](O)[C@@H](O)C2. The first-order chi connectivity index (χ1) is 6.70. The number of fused-ring (bicyclic) bond motifs is 1. The van der Waals surface area contributed by atoms with E-state index >= 15 is 0 Å². The molecule has 0 radical (unpaired) electrons. The van der Waals surface area contributed by atoms with E-state index in [0.29, 0.717) is 12.8 Å². The fourth-order valence-electron chi connectivity index (χ4n) is 1.84. The summed E-state index contributed by atoms with van der Waals surface area (Å²) in [4.78, 5) is 0. The highest BCUT2D eigenvalue weighted by Gasteiger charge is 2.24. The number of rotatable bonds is 1. The maximum atomic E-state index is 9.50. The molecule has 0 heterocycles. The predicted molar refractivity (Wildman–Crippen MR) is 52.4 cm³/mol. The molecule has 0 aliphatic heterocycles. The van der Waals surface area contributed by atoms with Crippen molar-refractivity contribution in [3.63, 3.8) is 0 Å². The quantitative estimate of drug-likeness (QED) is 0.685. The van der Waals surface area contributed by atoms with Crippen molar-refractivity contribution in [1.29, 1.82) is 0 Å². The molecule has 3 heteroatoms. The number of hydrogen-bond donors (Lipinski definition) is 2. The van der Waals surface area contributed by atoms with Gasteiger partial charge in [0.25, 0.3) is 0 Å². The van der Waals surface area contributed by atoms with Crippen molar-refractivity contribution in [1.82, 2.24) is 0 Å². The van der Waals surface area contributed by atoms with Gasteiger partial charge in [-0.3, -0.25) is 0 Å². The average Bonchev–Trinajstić information content (AvgIpc) is 2.19. The van der Waals surface area contributed by atoms with Crippen molar-refractivity contribution < 1.29 is 14.9 Å². The van der Waals surface area contributed by atoms with Crippen molar-refractivity contribution in [3.8, 4) is 5.75 Å². The Balaban J connectivity index is 2.33. The molecule has 3 nitrogen and oxygen atoms in total. The molecule has 0 spiro atoms. The van der Waals surface area contributed by atoms with Gasteiger partial charge in [0.2, 0.25) is 0 Å². The molecule has 0 amide bonds. The first-order valence-corrected chi connectivity index (χ1v) is 4.72. The Morgan fingerprint density at radius 1 is 1.14 bits per heavy atom. The summed E-state index contributed by atoms with van der Waals surface area (Å²) in [5, 5.41) is 19.0. The Labute approximate surface area is 83.0 Å². The third kappa shape index (κ3) is 1.61. The van der Waals surface area contributed by atoms with Gasteiger partial charge < -0.3 is 14.9 Å². The Hall–Kier alpha value is -1.06. The molecule has 1 aromatic carbocycles. The lowest BCUT2D eigenvalue weighted by atomic mass is 9.88. The molecular formula is C11H14O3. The summed E-state index contributed by atoms with van der Waals surface area (Å²) >= 11 is 0. The zero-order valence-electron chi connectivity index (χ0n) is 8.10. The maximum Gasteiger partial charge on any atom is 0.119 e. The van der Waals surface area contributed by atoms with Crippen LogP contribution in [0.3, 0.4) is 0 Å². The van der Waals surface area contributed by atoms with Crippen LogP contribution in [-0.2, 0) is 12.8 Å². The van der Waals surface area contributed by atoms with Crippen molar-refractivity contribution >= 4 is 0 Å². The molecule has 0 saturated carbocycles. The minimum atomic E-state index is -0.644. The molecule has 2 N–H and O–H groups in total. The van der Waals surface area contributed by atoms with Crippen LogP contribution >= 0.6 is 0 Å². The van der Waals surface area contributed by atoms with Crippen LogP contribution in [-0.4, -0.2) is 29.5 Å². The summed E-state index contributed by atoms with van der Waals surface area (Å²) in [5.74, 6) is 0.798. The topological polar surface area (TPSA) is 49.7 Å². The van der Waals surface area contributed by atoms with Gasteiger partial charge in [0.15, 0.2) is 0 Å². The Morgan fingerprint density at radius 3 is 2.43 bits per heavy atom. The lowest BCUT2D eigenvalue weighted by Gasteiger charge is -2.26. The molecule has 0 unspecified atom stereocenters. The van der Waals surface area contributed by atoms with Crippen LogP contribution in [0.4, 0.5) is 0 Å². The zero-order chi connectivity index (χ0) is 10.1. The van der Waals surface area contributed by atoms with E-state index in [1.807, 2.05) is 18.2 Å². The number of benzene rings is 1. The van der Waals surface area contributed by atoms with Gasteiger partial charge in [-0.05, 0) is 23.3 Å². The highest BCUT2D eigenvalue weighted by molar-refractivity contribution is 5.38. The summed E-state index contributed by atoms with van der Waals surface area (Å²) in [6, 6.07) is 5.75. The molecule has 1 aliphatic carbocycles. The van der Waals surface area contributed by atoms with E-state index in [-0.39, 0.29) is 0 Å². The minimum Gasteiger partial charge on any atom is -0.497 e. The standard InChI is InChI=1S/C11H14O3/c1-14-9-3-2-7-5-10(12)11(13)6-8(7)4-9/h2-4,10-13H,5-6H2,1H3/t10-,11+/m0/s1. The average molecular weight is 194 g/mol. The summed E-state index contributed by atoms with van der Waals surface area (Å²) < 4.78 is 5.10. The summed E-state index contributed by atoms with van der Waals surface area (Å²) in [5.41, 5.74) is 2.17. The van der Waals surface area contributed by atoms with Gasteiger partial charge in [-0.1, -0.05) is 6.07 Å². The van der Waals surface area contributed by atoms with E-state index in [2.05, 4.69) is 0 Å². The lowest BCUT2D eigenvalue weighted by Crippen LogP contribution is -2.34. The first kappa shape index (κ1) is 9.49. The summed E-state index contributed by atoms with van der Waals surface area (Å²) in [6.45, 7) is 0. The molecule has 1 aliphatic rings. The molecule has 0 bridgehead atoms.